The summed E-state index contributed by atoms with van der Waals surface area (Å²) in [5.74, 6) is -0.582. The molecule has 5 heteroatoms. The Morgan fingerprint density at radius 2 is 1.92 bits per heavy atom. The van der Waals surface area contributed by atoms with Crippen molar-refractivity contribution in [2.24, 2.45) is 5.92 Å². The van der Waals surface area contributed by atoms with Gasteiger partial charge in [-0.05, 0) is 23.8 Å². The van der Waals surface area contributed by atoms with Gasteiger partial charge in [0.25, 0.3) is 0 Å². The van der Waals surface area contributed by atoms with E-state index >= 15 is 0 Å². The molecule has 1 fully saturated rings. The van der Waals surface area contributed by atoms with Gasteiger partial charge in [-0.25, -0.2) is 0 Å². The van der Waals surface area contributed by atoms with Crippen LogP contribution in [-0.4, -0.2) is 26.7 Å². The fourth-order valence-electron chi connectivity index (χ4n) is 3.23. The molecule has 124 valence electrons. The van der Waals surface area contributed by atoms with E-state index in [-0.39, 0.29) is 30.7 Å². The number of pyridine rings is 2. The molecular weight excluding hydrogens is 314 g/mol. The normalized spacial score (nSPS) is 17.4. The average molecular weight is 331 g/mol. The molecule has 1 atom stereocenters. The topological polar surface area (TPSA) is 63.2 Å². The van der Waals surface area contributed by atoms with Crippen molar-refractivity contribution in [3.63, 3.8) is 0 Å². The van der Waals surface area contributed by atoms with Gasteiger partial charge in [0.05, 0.1) is 18.0 Å². The van der Waals surface area contributed by atoms with Crippen molar-refractivity contribution >= 4 is 22.7 Å². The molecule has 1 aromatic carbocycles. The van der Waals surface area contributed by atoms with Crippen molar-refractivity contribution in [1.29, 1.82) is 0 Å². The zero-order valence-corrected chi connectivity index (χ0v) is 13.6. The number of hydrogen-bond acceptors (Lipinski definition) is 4. The van der Waals surface area contributed by atoms with Crippen LogP contribution in [0, 0.1) is 5.92 Å². The SMILES string of the molecule is O=C1CC(Cc2ccc3ccccc3n2)C(=O)N1Cc1cccnc1. The largest absolute Gasteiger partial charge is 0.278 e. The Morgan fingerprint density at radius 1 is 1.04 bits per heavy atom. The molecule has 1 unspecified atom stereocenters. The molecule has 2 aromatic heterocycles. The predicted octanol–water partition coefficient (Wildman–Crippen LogP) is 2.75. The number of carbonyl (C=O) groups excluding carboxylic acids is 2. The molecule has 0 spiro atoms. The Morgan fingerprint density at radius 3 is 2.76 bits per heavy atom. The van der Waals surface area contributed by atoms with Gasteiger partial charge in [-0.1, -0.05) is 30.3 Å². The lowest BCUT2D eigenvalue weighted by molar-refractivity contribution is -0.140. The highest BCUT2D eigenvalue weighted by Crippen LogP contribution is 2.25. The molecule has 25 heavy (non-hydrogen) atoms. The number of fused-ring (bicyclic) bond motifs is 1. The summed E-state index contributed by atoms with van der Waals surface area (Å²) >= 11 is 0. The second-order valence-electron chi connectivity index (χ2n) is 6.28. The van der Waals surface area contributed by atoms with Gasteiger partial charge in [-0.2, -0.15) is 0 Å². The maximum absolute atomic E-state index is 12.6. The van der Waals surface area contributed by atoms with E-state index in [1.807, 2.05) is 42.5 Å². The van der Waals surface area contributed by atoms with E-state index in [0.717, 1.165) is 22.2 Å². The molecule has 0 saturated carbocycles. The van der Waals surface area contributed by atoms with Crippen LogP contribution in [0.1, 0.15) is 17.7 Å². The van der Waals surface area contributed by atoms with Crippen LogP contribution in [0.15, 0.2) is 60.9 Å². The van der Waals surface area contributed by atoms with E-state index < -0.39 is 0 Å². The van der Waals surface area contributed by atoms with Crippen molar-refractivity contribution in [3.05, 3.63) is 72.2 Å². The summed E-state index contributed by atoms with van der Waals surface area (Å²) in [6.07, 6.45) is 4.08. The molecule has 0 aliphatic carbocycles. The number of amides is 2. The van der Waals surface area contributed by atoms with Crippen LogP contribution in [0.25, 0.3) is 10.9 Å². The first-order valence-electron chi connectivity index (χ1n) is 8.28. The maximum Gasteiger partial charge on any atom is 0.233 e. The number of rotatable bonds is 4. The second-order valence-corrected chi connectivity index (χ2v) is 6.28. The highest BCUT2D eigenvalue weighted by atomic mass is 16.2. The van der Waals surface area contributed by atoms with Gasteiger partial charge in [0.15, 0.2) is 0 Å². The van der Waals surface area contributed by atoms with Gasteiger partial charge in [0.1, 0.15) is 0 Å². The van der Waals surface area contributed by atoms with E-state index in [0.29, 0.717) is 6.42 Å². The fourth-order valence-corrected chi connectivity index (χ4v) is 3.23. The molecule has 4 rings (SSSR count). The monoisotopic (exact) mass is 331 g/mol. The van der Waals surface area contributed by atoms with Crippen LogP contribution in [0.4, 0.5) is 0 Å². The Labute approximate surface area is 145 Å². The molecule has 1 aliphatic heterocycles. The Balaban J connectivity index is 1.51. The third-order valence-electron chi connectivity index (χ3n) is 4.51. The van der Waals surface area contributed by atoms with Gasteiger partial charge in [0, 0.05) is 36.3 Å². The lowest BCUT2D eigenvalue weighted by Gasteiger charge is -2.14. The molecule has 1 aliphatic rings. The van der Waals surface area contributed by atoms with Crippen molar-refractivity contribution < 1.29 is 9.59 Å². The van der Waals surface area contributed by atoms with Crippen molar-refractivity contribution in [2.45, 2.75) is 19.4 Å². The van der Waals surface area contributed by atoms with E-state index in [1.165, 1.54) is 4.90 Å². The predicted molar refractivity (Wildman–Crippen MR) is 93.3 cm³/mol. The van der Waals surface area contributed by atoms with Gasteiger partial charge in [-0.3, -0.25) is 24.5 Å². The molecule has 0 bridgehead atoms. The summed E-state index contributed by atoms with van der Waals surface area (Å²) in [7, 11) is 0. The molecule has 1 saturated heterocycles. The van der Waals surface area contributed by atoms with Crippen LogP contribution in [0.2, 0.25) is 0 Å². The summed E-state index contributed by atoms with van der Waals surface area (Å²) in [6, 6.07) is 15.5. The Kier molecular flexibility index (Phi) is 3.98. The second kappa shape index (κ2) is 6.43. The van der Waals surface area contributed by atoms with Gasteiger partial charge < -0.3 is 0 Å². The molecule has 0 radical (unpaired) electrons. The zero-order valence-electron chi connectivity index (χ0n) is 13.6. The van der Waals surface area contributed by atoms with Crippen LogP contribution < -0.4 is 0 Å². The van der Waals surface area contributed by atoms with Crippen LogP contribution >= 0.6 is 0 Å². The fraction of sp³-hybridized carbons (Fsp3) is 0.200. The van der Waals surface area contributed by atoms with Crippen LogP contribution in [0.3, 0.4) is 0 Å². The number of benzene rings is 1. The number of hydrogen-bond donors (Lipinski definition) is 0. The summed E-state index contributed by atoms with van der Waals surface area (Å²) in [5.41, 5.74) is 2.60. The first kappa shape index (κ1) is 15.4. The van der Waals surface area contributed by atoms with Crippen molar-refractivity contribution in [1.82, 2.24) is 14.9 Å². The number of para-hydroxylation sites is 1. The molecule has 0 N–H and O–H groups in total. The van der Waals surface area contributed by atoms with Gasteiger partial charge in [-0.15, -0.1) is 0 Å². The number of likely N-dealkylation sites (tertiary alicyclic amines) is 1. The summed E-state index contributed by atoms with van der Waals surface area (Å²) in [5, 5.41) is 1.07. The average Bonchev–Trinajstić information content (AvgIpc) is 2.90. The van der Waals surface area contributed by atoms with E-state index in [4.69, 9.17) is 0 Å². The summed E-state index contributed by atoms with van der Waals surface area (Å²) in [4.78, 5) is 34.9. The molecule has 2 amide bonds. The number of carbonyl (C=O) groups is 2. The first-order chi connectivity index (χ1) is 12.2. The number of aromatic nitrogens is 2. The van der Waals surface area contributed by atoms with E-state index in [2.05, 4.69) is 9.97 Å². The van der Waals surface area contributed by atoms with Crippen LogP contribution in [0.5, 0.6) is 0 Å². The summed E-state index contributed by atoms with van der Waals surface area (Å²) < 4.78 is 0. The van der Waals surface area contributed by atoms with Gasteiger partial charge in [0.2, 0.25) is 11.8 Å². The third kappa shape index (κ3) is 3.13. The first-order valence-corrected chi connectivity index (χ1v) is 8.28. The minimum absolute atomic E-state index is 0.121. The standard InChI is InChI=1S/C20H17N3O2/c24-19-11-16(20(25)23(19)13-14-4-3-9-21-12-14)10-17-8-7-15-5-1-2-6-18(15)22-17/h1-9,12,16H,10-11,13H2. The molecule has 3 aromatic rings. The highest BCUT2D eigenvalue weighted by molar-refractivity contribution is 6.03. The smallest absolute Gasteiger partial charge is 0.233 e. The molecular formula is C20H17N3O2. The Bertz CT molecular complexity index is 940. The number of nitrogens with zero attached hydrogens (tertiary/aromatic N) is 3. The lowest BCUT2D eigenvalue weighted by atomic mass is 10.0. The minimum atomic E-state index is -0.335. The maximum atomic E-state index is 12.6. The Hall–Kier alpha value is -3.08. The lowest BCUT2D eigenvalue weighted by Crippen LogP contribution is -2.30. The van der Waals surface area contributed by atoms with Crippen molar-refractivity contribution in [2.75, 3.05) is 0 Å². The zero-order chi connectivity index (χ0) is 17.2. The molecule has 5 nitrogen and oxygen atoms in total. The third-order valence-corrected chi connectivity index (χ3v) is 4.51. The van der Waals surface area contributed by atoms with E-state index in [1.54, 1.807) is 18.5 Å². The van der Waals surface area contributed by atoms with Crippen molar-refractivity contribution in [3.8, 4) is 0 Å². The number of imide groups is 1. The van der Waals surface area contributed by atoms with Crippen LogP contribution in [-0.2, 0) is 22.6 Å². The summed E-state index contributed by atoms with van der Waals surface area (Å²) in [6.45, 7) is 0.285. The molecule has 3 heterocycles. The minimum Gasteiger partial charge on any atom is -0.278 e. The quantitative estimate of drug-likeness (QED) is 0.690. The van der Waals surface area contributed by atoms with E-state index in [9.17, 15) is 9.59 Å². The van der Waals surface area contributed by atoms with Gasteiger partial charge >= 0.3 is 0 Å². The highest BCUT2D eigenvalue weighted by Gasteiger charge is 2.38.